The van der Waals surface area contributed by atoms with Crippen LogP contribution in [0.15, 0.2) is 47.1 Å². The zero-order valence-electron chi connectivity index (χ0n) is 17.7. The number of alkyl halides is 6. The summed E-state index contributed by atoms with van der Waals surface area (Å²) in [5, 5.41) is -1.26. The molecule has 0 unspecified atom stereocenters. The van der Waals surface area contributed by atoms with Crippen LogP contribution in [0.3, 0.4) is 0 Å². The summed E-state index contributed by atoms with van der Waals surface area (Å²) in [6, 6.07) is 1.78. The molecule has 1 nitrogen and oxygen atoms in total. The van der Waals surface area contributed by atoms with Gasteiger partial charge in [0.25, 0.3) is 0 Å². The number of benzene rings is 1. The minimum Gasteiger partial charge on any atom is -0.253 e. The number of allylic oxidation sites excluding steroid dienone is 3. The summed E-state index contributed by atoms with van der Waals surface area (Å²) < 4.78 is 80.8. The lowest BCUT2D eigenvalue weighted by Gasteiger charge is -2.35. The van der Waals surface area contributed by atoms with Crippen LogP contribution < -0.4 is 0 Å². The highest BCUT2D eigenvalue weighted by Gasteiger charge is 2.69. The first-order chi connectivity index (χ1) is 13.9. The number of rotatable bonds is 6. The highest BCUT2D eigenvalue weighted by Crippen LogP contribution is 2.54. The quantitative estimate of drug-likeness (QED) is 0.216. The van der Waals surface area contributed by atoms with Crippen molar-refractivity contribution >= 4 is 34.5 Å². The smallest absolute Gasteiger partial charge is 0.253 e. The molecule has 0 bridgehead atoms. The van der Waals surface area contributed by atoms with Crippen molar-refractivity contribution in [2.24, 2.45) is 4.99 Å². The van der Waals surface area contributed by atoms with Crippen molar-refractivity contribution in [1.29, 1.82) is 0 Å². The first-order valence-electron chi connectivity index (χ1n) is 9.14. The SMILES string of the molecule is C=C(CC)/C(C)=N/C(C(=C)C)=C(\C)c1ccc(C(C)(C(F)(F)F)C(F)(F)F)c(Cl)c1Cl. The molecule has 0 radical (unpaired) electrons. The van der Waals surface area contributed by atoms with Gasteiger partial charge in [-0.1, -0.05) is 55.4 Å². The Morgan fingerprint density at radius 3 is 1.81 bits per heavy atom. The van der Waals surface area contributed by atoms with E-state index in [0.29, 0.717) is 35.0 Å². The first-order valence-corrected chi connectivity index (χ1v) is 9.89. The fraction of sp³-hybridized carbons (Fsp3) is 0.409. The summed E-state index contributed by atoms with van der Waals surface area (Å²) in [6.07, 6.45) is -10.6. The van der Waals surface area contributed by atoms with Crippen LogP contribution in [-0.4, -0.2) is 18.1 Å². The van der Waals surface area contributed by atoms with Gasteiger partial charge in [-0.25, -0.2) is 0 Å². The van der Waals surface area contributed by atoms with E-state index in [0.717, 1.165) is 11.6 Å². The Morgan fingerprint density at radius 2 is 1.42 bits per heavy atom. The van der Waals surface area contributed by atoms with Crippen molar-refractivity contribution < 1.29 is 26.3 Å². The van der Waals surface area contributed by atoms with Crippen molar-refractivity contribution in [3.63, 3.8) is 0 Å². The predicted molar refractivity (Wildman–Crippen MR) is 116 cm³/mol. The van der Waals surface area contributed by atoms with Crippen molar-refractivity contribution in [3.05, 3.63) is 63.3 Å². The van der Waals surface area contributed by atoms with E-state index in [9.17, 15) is 26.3 Å². The highest BCUT2D eigenvalue weighted by molar-refractivity contribution is 6.43. The van der Waals surface area contributed by atoms with E-state index >= 15 is 0 Å². The van der Waals surface area contributed by atoms with Gasteiger partial charge in [0.05, 0.1) is 15.7 Å². The van der Waals surface area contributed by atoms with Crippen LogP contribution in [0.4, 0.5) is 26.3 Å². The fourth-order valence-electron chi connectivity index (χ4n) is 2.82. The summed E-state index contributed by atoms with van der Waals surface area (Å²) in [5.41, 5.74) is -2.54. The lowest BCUT2D eigenvalue weighted by Crippen LogP contribution is -2.51. The van der Waals surface area contributed by atoms with E-state index in [4.69, 9.17) is 23.2 Å². The van der Waals surface area contributed by atoms with Crippen LogP contribution in [-0.2, 0) is 5.41 Å². The lowest BCUT2D eigenvalue weighted by molar-refractivity contribution is -0.297. The first kappa shape index (κ1) is 27.3. The molecule has 31 heavy (non-hydrogen) atoms. The molecular weight excluding hydrogens is 463 g/mol. The minimum absolute atomic E-state index is 0.0379. The maximum atomic E-state index is 13.5. The largest absolute Gasteiger partial charge is 0.406 e. The molecule has 0 fully saturated rings. The summed E-state index contributed by atoms with van der Waals surface area (Å²) >= 11 is 12.2. The van der Waals surface area contributed by atoms with E-state index in [1.54, 1.807) is 20.8 Å². The van der Waals surface area contributed by atoms with Crippen LogP contribution in [0.25, 0.3) is 5.57 Å². The molecule has 1 aromatic rings. The number of halogens is 8. The summed E-state index contributed by atoms with van der Waals surface area (Å²) in [6.45, 7) is 14.7. The van der Waals surface area contributed by atoms with Gasteiger partial charge in [0.15, 0.2) is 5.41 Å². The van der Waals surface area contributed by atoms with Gasteiger partial charge in [0, 0.05) is 5.71 Å². The van der Waals surface area contributed by atoms with Crippen molar-refractivity contribution in [3.8, 4) is 0 Å². The van der Waals surface area contributed by atoms with E-state index < -0.39 is 33.4 Å². The van der Waals surface area contributed by atoms with E-state index in [-0.39, 0.29) is 12.5 Å². The number of aliphatic imine (C=N–C) groups is 1. The molecule has 0 aliphatic carbocycles. The molecule has 0 saturated heterocycles. The second-order valence-corrected chi connectivity index (χ2v) is 8.07. The molecule has 0 spiro atoms. The third-order valence-corrected chi connectivity index (χ3v) is 6.02. The third-order valence-electron chi connectivity index (χ3n) is 5.14. The topological polar surface area (TPSA) is 12.4 Å². The normalized spacial score (nSPS) is 14.4. The van der Waals surface area contributed by atoms with Crippen molar-refractivity contribution in [2.45, 2.75) is 58.8 Å². The molecule has 1 rings (SSSR count). The molecule has 172 valence electrons. The van der Waals surface area contributed by atoms with E-state index in [2.05, 4.69) is 18.2 Å². The average molecular weight is 486 g/mol. The van der Waals surface area contributed by atoms with Gasteiger partial charge >= 0.3 is 12.4 Å². The maximum Gasteiger partial charge on any atom is 0.406 e. The molecule has 0 amide bonds. The van der Waals surface area contributed by atoms with Crippen LogP contribution in [0.1, 0.15) is 52.2 Å². The maximum absolute atomic E-state index is 13.5. The molecular formula is C22H23Cl2F6N. The Kier molecular flexibility index (Phi) is 8.29. The third kappa shape index (κ3) is 5.20. The summed E-state index contributed by atoms with van der Waals surface area (Å²) in [5.74, 6) is 0. The summed E-state index contributed by atoms with van der Waals surface area (Å²) in [4.78, 5) is 4.48. The zero-order chi connectivity index (χ0) is 24.5. The van der Waals surface area contributed by atoms with Gasteiger partial charge in [-0.2, -0.15) is 26.3 Å². The zero-order valence-corrected chi connectivity index (χ0v) is 19.3. The minimum atomic E-state index is -5.64. The van der Waals surface area contributed by atoms with Gasteiger partial charge in [0.2, 0.25) is 0 Å². The molecule has 9 heteroatoms. The van der Waals surface area contributed by atoms with E-state index in [1.165, 1.54) is 0 Å². The van der Waals surface area contributed by atoms with Gasteiger partial charge < -0.3 is 0 Å². The molecule has 0 atom stereocenters. The number of hydrogen-bond donors (Lipinski definition) is 0. The fourth-order valence-corrected chi connectivity index (χ4v) is 3.48. The van der Waals surface area contributed by atoms with Crippen molar-refractivity contribution in [1.82, 2.24) is 0 Å². The average Bonchev–Trinajstić information content (AvgIpc) is 2.64. The molecule has 1 aromatic carbocycles. The van der Waals surface area contributed by atoms with Crippen LogP contribution in [0.2, 0.25) is 10.0 Å². The Bertz CT molecular complexity index is 938. The molecule has 0 aromatic heterocycles. The number of nitrogens with zero attached hydrogens (tertiary/aromatic N) is 1. The van der Waals surface area contributed by atoms with Crippen molar-refractivity contribution in [2.75, 3.05) is 0 Å². The lowest BCUT2D eigenvalue weighted by atomic mass is 9.80. The van der Waals surface area contributed by atoms with Crippen LogP contribution >= 0.6 is 23.2 Å². The van der Waals surface area contributed by atoms with E-state index in [1.807, 2.05) is 6.92 Å². The predicted octanol–water partition coefficient (Wildman–Crippen LogP) is 9.11. The molecule has 0 saturated carbocycles. The van der Waals surface area contributed by atoms with Gasteiger partial charge in [-0.05, 0) is 62.0 Å². The monoisotopic (exact) mass is 485 g/mol. The Balaban J connectivity index is 3.84. The van der Waals surface area contributed by atoms with Crippen LogP contribution in [0.5, 0.6) is 0 Å². The standard InChI is InChI=1S/C22H23Cl2F6N/c1-8-12(4)14(6)31-19(11(2)3)13(5)15-9-10-16(18(24)17(15)23)20(7,21(25,26)27)22(28,29)30/h9-10H,2,4,8H2,1,3,5-7H3/b19-13+,31-14+. The van der Waals surface area contributed by atoms with Gasteiger partial charge in [-0.15, -0.1) is 0 Å². The second-order valence-electron chi connectivity index (χ2n) is 7.32. The molecule has 0 heterocycles. The highest BCUT2D eigenvalue weighted by atomic mass is 35.5. The molecule has 0 N–H and O–H groups in total. The van der Waals surface area contributed by atoms with Gasteiger partial charge in [-0.3, -0.25) is 4.99 Å². The Labute approximate surface area is 188 Å². The number of hydrogen-bond acceptors (Lipinski definition) is 1. The summed E-state index contributed by atoms with van der Waals surface area (Å²) in [7, 11) is 0. The molecule has 0 aliphatic heterocycles. The van der Waals surface area contributed by atoms with Crippen LogP contribution in [0, 0.1) is 0 Å². The second kappa shape index (κ2) is 9.41. The Hall–Kier alpha value is -1.73. The molecule has 0 aliphatic rings. The Morgan fingerprint density at radius 1 is 0.935 bits per heavy atom. The van der Waals surface area contributed by atoms with Gasteiger partial charge in [0.1, 0.15) is 0 Å².